The topological polar surface area (TPSA) is 94.2 Å². The minimum atomic E-state index is -0.901. The lowest BCUT2D eigenvalue weighted by Gasteiger charge is -2.17. The zero-order valence-corrected chi connectivity index (χ0v) is 20.1. The third-order valence-corrected chi connectivity index (χ3v) is 6.42. The van der Waals surface area contributed by atoms with E-state index in [-0.39, 0.29) is 36.4 Å². The number of benzene rings is 2. The fourth-order valence-electron chi connectivity index (χ4n) is 3.07. The summed E-state index contributed by atoms with van der Waals surface area (Å²) in [6.07, 6.45) is 0. The number of thioether (sulfide) groups is 1. The van der Waals surface area contributed by atoms with Crippen LogP contribution in [-0.4, -0.2) is 33.5 Å². The van der Waals surface area contributed by atoms with Gasteiger partial charge in [-0.3, -0.25) is 9.69 Å². The quantitative estimate of drug-likeness (QED) is 0.246. The summed E-state index contributed by atoms with van der Waals surface area (Å²) in [6, 6.07) is 11.7. The molecule has 1 aliphatic heterocycles. The molecule has 0 saturated carbocycles. The van der Waals surface area contributed by atoms with Crippen LogP contribution in [0.1, 0.15) is 16.1 Å². The molecule has 0 aliphatic carbocycles. The lowest BCUT2D eigenvalue weighted by molar-refractivity contribution is -0.111. The van der Waals surface area contributed by atoms with Crippen molar-refractivity contribution in [2.75, 3.05) is 12.0 Å². The van der Waals surface area contributed by atoms with E-state index in [1.165, 1.54) is 18.9 Å². The van der Waals surface area contributed by atoms with Crippen LogP contribution in [0.3, 0.4) is 0 Å². The molecule has 0 unspecified atom stereocenters. The van der Waals surface area contributed by atoms with E-state index in [1.54, 1.807) is 42.5 Å². The summed E-state index contributed by atoms with van der Waals surface area (Å²) >= 11 is 18.7. The molecule has 0 bridgehead atoms. The molecule has 8 nitrogen and oxygen atoms in total. The zero-order valence-electron chi connectivity index (χ0n) is 17.0. The molecule has 0 N–H and O–H groups in total. The standard InChI is InChI=1S/C21H13Cl2N3O5S2/c1-10-15(17(24-30-10)16-11(22)6-5-7-12(16)23)20(28)31-25-18-19(27)26(21(32)33-18)13-8-3-4-9-14(13)29-2/h3-9H,1-2H3. The number of halogens is 2. The Hall–Kier alpha value is -2.92. The molecule has 1 fully saturated rings. The van der Waals surface area contributed by atoms with Crippen molar-refractivity contribution in [3.63, 3.8) is 0 Å². The van der Waals surface area contributed by atoms with Crippen molar-refractivity contribution >= 4 is 74.1 Å². The van der Waals surface area contributed by atoms with Crippen molar-refractivity contribution < 1.29 is 23.7 Å². The molecule has 12 heteroatoms. The smallest absolute Gasteiger partial charge is 0.371 e. The molecule has 0 atom stereocenters. The molecular formula is C21H13Cl2N3O5S2. The van der Waals surface area contributed by atoms with Crippen LogP contribution in [0.25, 0.3) is 11.3 Å². The maximum atomic E-state index is 12.9. The average molecular weight is 522 g/mol. The van der Waals surface area contributed by atoms with Crippen LogP contribution in [-0.2, 0) is 9.63 Å². The number of carbonyl (C=O) groups is 2. The zero-order chi connectivity index (χ0) is 23.7. The van der Waals surface area contributed by atoms with Gasteiger partial charge in [-0.05, 0) is 43.0 Å². The van der Waals surface area contributed by atoms with Gasteiger partial charge in [-0.15, -0.1) is 0 Å². The van der Waals surface area contributed by atoms with Gasteiger partial charge in [-0.2, -0.15) is 0 Å². The fourth-order valence-corrected chi connectivity index (χ4v) is 4.75. The van der Waals surface area contributed by atoms with Gasteiger partial charge >= 0.3 is 5.97 Å². The van der Waals surface area contributed by atoms with Gasteiger partial charge < -0.3 is 14.1 Å². The van der Waals surface area contributed by atoms with Gasteiger partial charge in [-0.25, -0.2) is 4.79 Å². The lowest BCUT2D eigenvalue weighted by atomic mass is 10.1. The predicted molar refractivity (Wildman–Crippen MR) is 130 cm³/mol. The molecule has 0 spiro atoms. The maximum absolute atomic E-state index is 12.9. The number of oxime groups is 1. The number of aromatic nitrogens is 1. The van der Waals surface area contributed by atoms with Gasteiger partial charge in [0.1, 0.15) is 22.8 Å². The van der Waals surface area contributed by atoms with Crippen LogP contribution in [0.5, 0.6) is 5.75 Å². The number of hydrogen-bond donors (Lipinski definition) is 0. The van der Waals surface area contributed by atoms with E-state index in [2.05, 4.69) is 10.3 Å². The SMILES string of the molecule is COc1ccccc1N1C(=O)C(=NOC(=O)c2c(-c3c(Cl)cccc3Cl)noc2C)SC1=S. The molecule has 33 heavy (non-hydrogen) atoms. The minimum Gasteiger partial charge on any atom is -0.495 e. The highest BCUT2D eigenvalue weighted by Crippen LogP contribution is 2.38. The minimum absolute atomic E-state index is 0.0195. The molecule has 4 rings (SSSR count). The average Bonchev–Trinajstić information content (AvgIpc) is 3.30. The first kappa shape index (κ1) is 23.2. The Labute approximate surface area is 207 Å². The molecule has 168 valence electrons. The van der Waals surface area contributed by atoms with Gasteiger partial charge in [0.25, 0.3) is 5.91 Å². The lowest BCUT2D eigenvalue weighted by Crippen LogP contribution is -2.30. The predicted octanol–water partition coefficient (Wildman–Crippen LogP) is 5.50. The summed E-state index contributed by atoms with van der Waals surface area (Å²) in [5.41, 5.74) is 0.843. The molecule has 0 radical (unpaired) electrons. The number of hydrogen-bond acceptors (Lipinski definition) is 9. The molecule has 1 aliphatic rings. The maximum Gasteiger partial charge on any atom is 0.371 e. The summed E-state index contributed by atoms with van der Waals surface area (Å²) in [5, 5.41) is 8.06. The number of rotatable bonds is 5. The van der Waals surface area contributed by atoms with E-state index >= 15 is 0 Å². The fraction of sp³-hybridized carbons (Fsp3) is 0.0952. The van der Waals surface area contributed by atoms with Gasteiger partial charge in [0.2, 0.25) is 5.04 Å². The third-order valence-electron chi connectivity index (χ3n) is 4.56. The van der Waals surface area contributed by atoms with Crippen LogP contribution in [0.2, 0.25) is 10.0 Å². The number of anilines is 1. The van der Waals surface area contributed by atoms with Crippen LogP contribution in [0.15, 0.2) is 52.1 Å². The molecule has 2 heterocycles. The Morgan fingerprint density at radius 3 is 2.58 bits per heavy atom. The first-order valence-electron chi connectivity index (χ1n) is 9.22. The number of thiocarbonyl (C=S) groups is 1. The van der Waals surface area contributed by atoms with E-state index in [1.807, 2.05) is 0 Å². The first-order valence-corrected chi connectivity index (χ1v) is 11.2. The van der Waals surface area contributed by atoms with Crippen LogP contribution < -0.4 is 9.64 Å². The number of nitrogens with zero attached hydrogens (tertiary/aromatic N) is 3. The van der Waals surface area contributed by atoms with E-state index in [0.717, 1.165) is 11.8 Å². The highest BCUT2D eigenvalue weighted by atomic mass is 35.5. The number of aryl methyl sites for hydroxylation is 1. The first-order chi connectivity index (χ1) is 15.8. The van der Waals surface area contributed by atoms with E-state index in [9.17, 15) is 9.59 Å². The highest BCUT2D eigenvalue weighted by Gasteiger charge is 2.37. The second-order valence-electron chi connectivity index (χ2n) is 6.51. The normalized spacial score (nSPS) is 14.8. The number of para-hydroxylation sites is 2. The Bertz CT molecular complexity index is 1300. The monoisotopic (exact) mass is 521 g/mol. The van der Waals surface area contributed by atoms with Crippen molar-refractivity contribution in [3.05, 3.63) is 63.8 Å². The summed E-state index contributed by atoms with van der Waals surface area (Å²) in [4.78, 5) is 32.1. The summed E-state index contributed by atoms with van der Waals surface area (Å²) in [6.45, 7) is 1.53. The van der Waals surface area contributed by atoms with Gasteiger partial charge in [0, 0.05) is 5.56 Å². The highest BCUT2D eigenvalue weighted by molar-refractivity contribution is 8.35. The molecule has 1 amide bonds. The van der Waals surface area contributed by atoms with Crippen molar-refractivity contribution in [1.29, 1.82) is 0 Å². The van der Waals surface area contributed by atoms with Gasteiger partial charge in [0.15, 0.2) is 4.32 Å². The van der Waals surface area contributed by atoms with Crippen molar-refractivity contribution in [1.82, 2.24) is 5.16 Å². The number of carbonyl (C=O) groups excluding carboxylic acids is 2. The van der Waals surface area contributed by atoms with Crippen molar-refractivity contribution in [2.24, 2.45) is 5.16 Å². The van der Waals surface area contributed by atoms with Crippen LogP contribution in [0.4, 0.5) is 5.69 Å². The number of amides is 1. The number of ether oxygens (including phenoxy) is 1. The Morgan fingerprint density at radius 2 is 1.88 bits per heavy atom. The Kier molecular flexibility index (Phi) is 6.71. The van der Waals surface area contributed by atoms with Gasteiger partial charge in [-0.1, -0.05) is 63.9 Å². The Morgan fingerprint density at radius 1 is 1.18 bits per heavy atom. The largest absolute Gasteiger partial charge is 0.495 e. The number of methoxy groups -OCH3 is 1. The van der Waals surface area contributed by atoms with Crippen LogP contribution >= 0.6 is 47.2 Å². The Balaban J connectivity index is 1.61. The molecule has 1 aromatic heterocycles. The third kappa shape index (κ3) is 4.34. The molecule has 3 aromatic rings. The van der Waals surface area contributed by atoms with E-state index in [0.29, 0.717) is 17.0 Å². The second-order valence-corrected chi connectivity index (χ2v) is 8.95. The summed E-state index contributed by atoms with van der Waals surface area (Å²) in [7, 11) is 1.48. The van der Waals surface area contributed by atoms with E-state index in [4.69, 9.17) is 49.5 Å². The van der Waals surface area contributed by atoms with Gasteiger partial charge in [0.05, 0.1) is 22.8 Å². The molecular weight excluding hydrogens is 509 g/mol. The van der Waals surface area contributed by atoms with Crippen molar-refractivity contribution in [3.8, 4) is 17.0 Å². The summed E-state index contributed by atoms with van der Waals surface area (Å²) < 4.78 is 10.7. The molecule has 2 aromatic carbocycles. The molecule has 1 saturated heterocycles. The van der Waals surface area contributed by atoms with Crippen LogP contribution in [0, 0.1) is 6.92 Å². The summed E-state index contributed by atoms with van der Waals surface area (Å²) in [5.74, 6) is -0.836. The van der Waals surface area contributed by atoms with E-state index < -0.39 is 11.9 Å². The second kappa shape index (κ2) is 9.52. The van der Waals surface area contributed by atoms with Crippen molar-refractivity contribution in [2.45, 2.75) is 6.92 Å².